The first-order valence-corrected chi connectivity index (χ1v) is 9.89. The zero-order chi connectivity index (χ0) is 16.9. The normalized spacial score (nSPS) is 10.8. The fourth-order valence-electron chi connectivity index (χ4n) is 1.87. The minimum atomic E-state index is -0.498. The molecule has 0 bridgehead atoms. The van der Waals surface area contributed by atoms with Crippen molar-refractivity contribution in [3.05, 3.63) is 57.0 Å². The van der Waals surface area contributed by atoms with Crippen LogP contribution in [0.3, 0.4) is 0 Å². The lowest BCUT2D eigenvalue weighted by atomic mass is 10.1. The zero-order valence-corrected chi connectivity index (χ0v) is 15.4. The summed E-state index contributed by atoms with van der Waals surface area (Å²) in [7, 11) is 0. The van der Waals surface area contributed by atoms with Crippen molar-refractivity contribution in [3.63, 3.8) is 0 Å². The Hall–Kier alpha value is -1.48. The van der Waals surface area contributed by atoms with Crippen LogP contribution in [-0.4, -0.2) is 16.1 Å². The standard InChI is InChI=1S/C15H11ClFN3OS3/c16-11-4-1-5-12(17)10(11)7-13(21)18-14-19-20-15(24-14)23-8-9-3-2-6-22-9/h1-6H,7-8H2,(H,18,19,21). The third-order valence-electron chi connectivity index (χ3n) is 2.97. The van der Waals surface area contributed by atoms with Gasteiger partial charge in [0.15, 0.2) is 4.34 Å². The molecule has 3 rings (SSSR count). The molecule has 0 saturated carbocycles. The van der Waals surface area contributed by atoms with Gasteiger partial charge in [-0.05, 0) is 23.6 Å². The van der Waals surface area contributed by atoms with E-state index in [0.717, 1.165) is 10.1 Å². The minimum absolute atomic E-state index is 0.150. The Morgan fingerprint density at radius 2 is 2.17 bits per heavy atom. The highest BCUT2D eigenvalue weighted by Crippen LogP contribution is 2.29. The van der Waals surface area contributed by atoms with E-state index in [2.05, 4.69) is 21.6 Å². The topological polar surface area (TPSA) is 54.9 Å². The van der Waals surface area contributed by atoms with Crippen LogP contribution in [-0.2, 0) is 17.0 Å². The SMILES string of the molecule is O=C(Cc1c(F)cccc1Cl)Nc1nnc(SCc2cccs2)s1. The van der Waals surface area contributed by atoms with Gasteiger partial charge >= 0.3 is 0 Å². The Morgan fingerprint density at radius 3 is 2.92 bits per heavy atom. The summed E-state index contributed by atoms with van der Waals surface area (Å²) in [6.07, 6.45) is -0.150. The van der Waals surface area contributed by atoms with E-state index in [4.69, 9.17) is 11.6 Å². The molecule has 1 amide bonds. The number of hydrogen-bond acceptors (Lipinski definition) is 6. The van der Waals surface area contributed by atoms with Crippen LogP contribution in [0.5, 0.6) is 0 Å². The van der Waals surface area contributed by atoms with Gasteiger partial charge in [0.1, 0.15) is 5.82 Å². The highest BCUT2D eigenvalue weighted by molar-refractivity contribution is 8.00. The van der Waals surface area contributed by atoms with Crippen LogP contribution in [0.15, 0.2) is 40.1 Å². The Bertz CT molecular complexity index is 818. The monoisotopic (exact) mass is 399 g/mol. The molecule has 0 fully saturated rings. The molecular weight excluding hydrogens is 389 g/mol. The van der Waals surface area contributed by atoms with E-state index in [-0.39, 0.29) is 22.9 Å². The summed E-state index contributed by atoms with van der Waals surface area (Å²) in [6, 6.07) is 8.39. The molecule has 0 radical (unpaired) electrons. The molecule has 2 aromatic heterocycles. The Kier molecular flexibility index (Phi) is 5.83. The van der Waals surface area contributed by atoms with Crippen LogP contribution < -0.4 is 5.32 Å². The smallest absolute Gasteiger partial charge is 0.230 e. The number of nitrogens with one attached hydrogen (secondary N) is 1. The maximum atomic E-state index is 13.7. The van der Waals surface area contributed by atoms with Crippen LogP contribution in [0.1, 0.15) is 10.4 Å². The number of rotatable bonds is 6. The number of carbonyl (C=O) groups is 1. The van der Waals surface area contributed by atoms with Gasteiger partial charge in [0.2, 0.25) is 11.0 Å². The molecule has 0 unspecified atom stereocenters. The average Bonchev–Trinajstić information content (AvgIpc) is 3.20. The molecule has 4 nitrogen and oxygen atoms in total. The third kappa shape index (κ3) is 4.54. The molecule has 24 heavy (non-hydrogen) atoms. The minimum Gasteiger partial charge on any atom is -0.300 e. The molecule has 0 spiro atoms. The maximum absolute atomic E-state index is 13.7. The summed E-state index contributed by atoms with van der Waals surface area (Å²) < 4.78 is 14.5. The summed E-state index contributed by atoms with van der Waals surface area (Å²) in [5.41, 5.74) is 0.175. The number of amides is 1. The van der Waals surface area contributed by atoms with Gasteiger partial charge in [0.05, 0.1) is 6.42 Å². The van der Waals surface area contributed by atoms with Crippen LogP contribution in [0.25, 0.3) is 0 Å². The summed E-state index contributed by atoms with van der Waals surface area (Å²) in [5.74, 6) is -0.0690. The van der Waals surface area contributed by atoms with Crippen molar-refractivity contribution < 1.29 is 9.18 Å². The lowest BCUT2D eigenvalue weighted by molar-refractivity contribution is -0.115. The second kappa shape index (κ2) is 8.06. The predicted molar refractivity (Wildman–Crippen MR) is 97.5 cm³/mol. The molecule has 2 heterocycles. The lowest BCUT2D eigenvalue weighted by Crippen LogP contribution is -2.15. The van der Waals surface area contributed by atoms with Gasteiger partial charge in [0.25, 0.3) is 0 Å². The van der Waals surface area contributed by atoms with Gasteiger partial charge in [-0.2, -0.15) is 0 Å². The number of hydrogen-bond donors (Lipinski definition) is 1. The maximum Gasteiger partial charge on any atom is 0.230 e. The van der Waals surface area contributed by atoms with Crippen molar-refractivity contribution in [2.75, 3.05) is 5.32 Å². The summed E-state index contributed by atoms with van der Waals surface area (Å²) in [5, 5.41) is 13.2. The third-order valence-corrected chi connectivity index (χ3v) is 6.40. The second-order valence-electron chi connectivity index (χ2n) is 4.67. The van der Waals surface area contributed by atoms with E-state index in [0.29, 0.717) is 5.13 Å². The molecule has 0 aliphatic carbocycles. The first-order valence-electron chi connectivity index (χ1n) is 6.83. The van der Waals surface area contributed by atoms with E-state index in [1.54, 1.807) is 29.2 Å². The number of thiophene rings is 1. The molecule has 0 aliphatic rings. The summed E-state index contributed by atoms with van der Waals surface area (Å²) in [4.78, 5) is 13.3. The van der Waals surface area contributed by atoms with Crippen LogP contribution in [0.2, 0.25) is 5.02 Å². The number of benzene rings is 1. The first-order chi connectivity index (χ1) is 11.6. The van der Waals surface area contributed by atoms with E-state index >= 15 is 0 Å². The average molecular weight is 400 g/mol. The predicted octanol–water partition coefficient (Wildman–Crippen LogP) is 4.87. The zero-order valence-electron chi connectivity index (χ0n) is 12.2. The first kappa shape index (κ1) is 17.3. The fraction of sp³-hybridized carbons (Fsp3) is 0.133. The second-order valence-corrected chi connectivity index (χ2v) is 8.31. The van der Waals surface area contributed by atoms with Crippen LogP contribution in [0, 0.1) is 5.82 Å². The van der Waals surface area contributed by atoms with Crippen molar-refractivity contribution >= 4 is 57.1 Å². The Labute approximate surface area is 155 Å². The summed E-state index contributed by atoms with van der Waals surface area (Å²) in [6.45, 7) is 0. The summed E-state index contributed by atoms with van der Waals surface area (Å²) >= 11 is 10.5. The van der Waals surface area contributed by atoms with Gasteiger partial charge in [-0.3, -0.25) is 4.79 Å². The Balaban J connectivity index is 1.57. The van der Waals surface area contributed by atoms with Crippen molar-refractivity contribution in [2.45, 2.75) is 16.5 Å². The molecule has 0 atom stereocenters. The highest BCUT2D eigenvalue weighted by Gasteiger charge is 2.14. The molecule has 9 heteroatoms. The molecule has 1 aromatic carbocycles. The van der Waals surface area contributed by atoms with E-state index in [1.165, 1.54) is 28.3 Å². The van der Waals surface area contributed by atoms with E-state index in [9.17, 15) is 9.18 Å². The van der Waals surface area contributed by atoms with Crippen LogP contribution >= 0.6 is 46.0 Å². The van der Waals surface area contributed by atoms with E-state index in [1.807, 2.05) is 11.4 Å². The van der Waals surface area contributed by atoms with Gasteiger partial charge in [0, 0.05) is 21.2 Å². The van der Waals surface area contributed by atoms with Crippen LogP contribution in [0.4, 0.5) is 9.52 Å². The number of anilines is 1. The highest BCUT2D eigenvalue weighted by atomic mass is 35.5. The van der Waals surface area contributed by atoms with E-state index < -0.39 is 5.82 Å². The van der Waals surface area contributed by atoms with Gasteiger partial charge in [-0.25, -0.2) is 4.39 Å². The Morgan fingerprint density at radius 1 is 1.29 bits per heavy atom. The molecule has 124 valence electrons. The van der Waals surface area contributed by atoms with Crippen molar-refractivity contribution in [3.8, 4) is 0 Å². The fourth-order valence-corrected chi connectivity index (χ4v) is 4.64. The van der Waals surface area contributed by atoms with Gasteiger partial charge in [-0.1, -0.05) is 46.8 Å². The number of aromatic nitrogens is 2. The number of carbonyl (C=O) groups excluding carboxylic acids is 1. The number of halogens is 2. The number of nitrogens with zero attached hydrogens (tertiary/aromatic N) is 2. The van der Waals surface area contributed by atoms with Gasteiger partial charge in [-0.15, -0.1) is 21.5 Å². The molecule has 3 aromatic rings. The lowest BCUT2D eigenvalue weighted by Gasteiger charge is -2.05. The molecule has 0 saturated heterocycles. The molecule has 1 N–H and O–H groups in total. The largest absolute Gasteiger partial charge is 0.300 e. The number of thioether (sulfide) groups is 1. The molecular formula is C15H11ClFN3OS3. The van der Waals surface area contributed by atoms with Crippen molar-refractivity contribution in [1.82, 2.24) is 10.2 Å². The van der Waals surface area contributed by atoms with Gasteiger partial charge < -0.3 is 5.32 Å². The van der Waals surface area contributed by atoms with Crippen molar-refractivity contribution in [1.29, 1.82) is 0 Å². The van der Waals surface area contributed by atoms with Crippen molar-refractivity contribution in [2.24, 2.45) is 0 Å². The quantitative estimate of drug-likeness (QED) is 0.474. The molecule has 0 aliphatic heterocycles.